The molecule has 28 heavy (non-hydrogen) atoms. The van der Waals surface area contributed by atoms with Crippen LogP contribution in [0.4, 0.5) is 0 Å². The number of unbranched alkanes of at least 4 members (excludes halogenated alkanes) is 1. The molecule has 1 aliphatic rings. The van der Waals surface area contributed by atoms with Gasteiger partial charge in [0.15, 0.2) is 5.82 Å². The summed E-state index contributed by atoms with van der Waals surface area (Å²) >= 11 is 0. The third-order valence-corrected chi connectivity index (χ3v) is 5.12. The molecule has 1 aromatic heterocycles. The van der Waals surface area contributed by atoms with E-state index < -0.39 is 0 Å². The lowest BCUT2D eigenvalue weighted by Gasteiger charge is -2.40. The Morgan fingerprint density at radius 1 is 1.18 bits per heavy atom. The third-order valence-electron chi connectivity index (χ3n) is 5.12. The first kappa shape index (κ1) is 20.0. The van der Waals surface area contributed by atoms with Crippen LogP contribution < -0.4 is 0 Å². The van der Waals surface area contributed by atoms with Crippen molar-refractivity contribution < 1.29 is 14.1 Å². The van der Waals surface area contributed by atoms with E-state index in [0.717, 1.165) is 24.0 Å². The van der Waals surface area contributed by atoms with Gasteiger partial charge in [0.25, 0.3) is 5.89 Å². The summed E-state index contributed by atoms with van der Waals surface area (Å²) in [5, 5.41) is 3.95. The zero-order valence-corrected chi connectivity index (χ0v) is 16.9. The molecule has 0 saturated carbocycles. The average molecular weight is 384 g/mol. The van der Waals surface area contributed by atoms with E-state index in [-0.39, 0.29) is 24.3 Å². The quantitative estimate of drug-likeness (QED) is 0.765. The maximum absolute atomic E-state index is 12.7. The molecule has 1 aromatic carbocycles. The average Bonchev–Trinajstić information content (AvgIpc) is 3.15. The van der Waals surface area contributed by atoms with Gasteiger partial charge in [-0.15, -0.1) is 0 Å². The number of nitrogens with zero attached hydrogens (tertiary/aromatic N) is 4. The molecule has 2 aromatic rings. The summed E-state index contributed by atoms with van der Waals surface area (Å²) in [6.07, 6.45) is 2.60. The van der Waals surface area contributed by atoms with Crippen LogP contribution in [-0.2, 0) is 16.0 Å². The van der Waals surface area contributed by atoms with Crippen molar-refractivity contribution in [1.29, 1.82) is 0 Å². The van der Waals surface area contributed by atoms with Gasteiger partial charge in [0.2, 0.25) is 11.8 Å². The van der Waals surface area contributed by atoms with Crippen LogP contribution in [0.5, 0.6) is 0 Å². The fourth-order valence-corrected chi connectivity index (χ4v) is 3.41. The van der Waals surface area contributed by atoms with E-state index in [1.807, 2.05) is 43.0 Å². The predicted octanol–water partition coefficient (Wildman–Crippen LogP) is 2.84. The highest BCUT2D eigenvalue weighted by atomic mass is 16.5. The Morgan fingerprint density at radius 2 is 1.93 bits per heavy atom. The van der Waals surface area contributed by atoms with E-state index in [2.05, 4.69) is 17.1 Å². The summed E-state index contributed by atoms with van der Waals surface area (Å²) in [4.78, 5) is 33.0. The smallest absolute Gasteiger partial charge is 0.257 e. The summed E-state index contributed by atoms with van der Waals surface area (Å²) in [7, 11) is 0. The summed E-state index contributed by atoms with van der Waals surface area (Å²) in [6.45, 7) is 7.75. The maximum atomic E-state index is 12.7. The maximum Gasteiger partial charge on any atom is 0.257 e. The predicted molar refractivity (Wildman–Crippen MR) is 105 cm³/mol. The van der Waals surface area contributed by atoms with Gasteiger partial charge in [-0.1, -0.05) is 36.2 Å². The molecule has 7 heteroatoms. The first-order valence-electron chi connectivity index (χ1n) is 9.94. The van der Waals surface area contributed by atoms with Gasteiger partial charge in [0.1, 0.15) is 0 Å². The van der Waals surface area contributed by atoms with E-state index >= 15 is 0 Å². The van der Waals surface area contributed by atoms with Gasteiger partial charge in [-0.2, -0.15) is 4.98 Å². The van der Waals surface area contributed by atoms with Crippen molar-refractivity contribution in [1.82, 2.24) is 19.9 Å². The van der Waals surface area contributed by atoms with Crippen LogP contribution in [0.25, 0.3) is 11.5 Å². The molecule has 150 valence electrons. The minimum Gasteiger partial charge on any atom is -0.338 e. The number of rotatable bonds is 6. The van der Waals surface area contributed by atoms with Crippen LogP contribution in [0.1, 0.15) is 44.5 Å². The summed E-state index contributed by atoms with van der Waals surface area (Å²) in [5.41, 5.74) is 1.99. The zero-order chi connectivity index (χ0) is 20.1. The molecule has 0 radical (unpaired) electrons. The second kappa shape index (κ2) is 8.99. The van der Waals surface area contributed by atoms with E-state index in [1.165, 1.54) is 0 Å². The third kappa shape index (κ3) is 4.77. The van der Waals surface area contributed by atoms with E-state index in [1.54, 1.807) is 4.90 Å². The van der Waals surface area contributed by atoms with E-state index in [0.29, 0.717) is 37.8 Å². The van der Waals surface area contributed by atoms with Gasteiger partial charge >= 0.3 is 0 Å². The number of hydrogen-bond donors (Lipinski definition) is 0. The summed E-state index contributed by atoms with van der Waals surface area (Å²) in [5.74, 6) is 0.948. The lowest BCUT2D eigenvalue weighted by Crippen LogP contribution is -2.55. The van der Waals surface area contributed by atoms with Gasteiger partial charge in [0.05, 0.1) is 6.42 Å². The summed E-state index contributed by atoms with van der Waals surface area (Å²) in [6, 6.07) is 7.83. The first-order valence-corrected chi connectivity index (χ1v) is 9.94. The first-order chi connectivity index (χ1) is 13.5. The monoisotopic (exact) mass is 384 g/mol. The van der Waals surface area contributed by atoms with Gasteiger partial charge in [-0.25, -0.2) is 0 Å². The van der Waals surface area contributed by atoms with E-state index in [4.69, 9.17) is 4.52 Å². The van der Waals surface area contributed by atoms with Crippen molar-refractivity contribution >= 4 is 11.8 Å². The fourth-order valence-electron chi connectivity index (χ4n) is 3.41. The van der Waals surface area contributed by atoms with Crippen molar-refractivity contribution in [3.63, 3.8) is 0 Å². The number of hydrogen-bond acceptors (Lipinski definition) is 5. The van der Waals surface area contributed by atoms with Gasteiger partial charge < -0.3 is 14.3 Å². The Balaban J connectivity index is 1.56. The van der Waals surface area contributed by atoms with Crippen molar-refractivity contribution in [3.8, 4) is 11.5 Å². The Hall–Kier alpha value is -2.70. The number of carbonyl (C=O) groups excluding carboxylic acids is 2. The molecule has 1 atom stereocenters. The van der Waals surface area contributed by atoms with Crippen molar-refractivity contribution in [3.05, 3.63) is 35.7 Å². The van der Waals surface area contributed by atoms with Gasteiger partial charge in [-0.05, 0) is 32.4 Å². The molecule has 2 amide bonds. The number of carbonyl (C=O) groups is 2. The van der Waals surface area contributed by atoms with Crippen LogP contribution in [0, 0.1) is 6.92 Å². The Kier molecular flexibility index (Phi) is 6.44. The van der Waals surface area contributed by atoms with Crippen molar-refractivity contribution in [2.24, 2.45) is 0 Å². The largest absolute Gasteiger partial charge is 0.338 e. The lowest BCUT2D eigenvalue weighted by atomic mass is 10.1. The van der Waals surface area contributed by atoms with Gasteiger partial charge in [0, 0.05) is 37.7 Å². The molecule has 1 aliphatic heterocycles. The topological polar surface area (TPSA) is 79.5 Å². The molecular formula is C21H28N4O3. The molecule has 0 N–H and O–H groups in total. The molecule has 1 fully saturated rings. The number of amides is 2. The molecule has 7 nitrogen and oxygen atoms in total. The number of aryl methyl sites for hydroxylation is 1. The van der Waals surface area contributed by atoms with Crippen LogP contribution in [0.15, 0.2) is 28.8 Å². The molecular weight excluding hydrogens is 356 g/mol. The number of piperazine rings is 1. The lowest BCUT2D eigenvalue weighted by molar-refractivity contribution is -0.142. The molecule has 0 aliphatic carbocycles. The molecule has 0 spiro atoms. The fraction of sp³-hybridized carbons (Fsp3) is 0.524. The minimum absolute atomic E-state index is 0.0236. The highest BCUT2D eigenvalue weighted by Gasteiger charge is 2.29. The Labute approximate surface area is 165 Å². The molecule has 1 saturated heterocycles. The number of benzene rings is 1. The standard InChI is InChI=1S/C21H28N4O3/c1-4-5-6-19(26)25-12-11-24(14-16(25)3)20(27)13-18-22-21(28-23-18)17-9-7-15(2)8-10-17/h7-10,16H,4-6,11-14H2,1-3H3/t16-/m0/s1. The second-order valence-electron chi connectivity index (χ2n) is 7.44. The molecule has 2 heterocycles. The SMILES string of the molecule is CCCCC(=O)N1CCN(C(=O)Cc2noc(-c3ccc(C)cc3)n2)C[C@@H]1C. The summed E-state index contributed by atoms with van der Waals surface area (Å²) < 4.78 is 5.30. The number of aromatic nitrogens is 2. The Morgan fingerprint density at radius 3 is 2.61 bits per heavy atom. The van der Waals surface area contributed by atoms with Crippen LogP contribution >= 0.6 is 0 Å². The van der Waals surface area contributed by atoms with Crippen LogP contribution in [-0.4, -0.2) is 57.4 Å². The van der Waals surface area contributed by atoms with Crippen molar-refractivity contribution in [2.75, 3.05) is 19.6 Å². The van der Waals surface area contributed by atoms with Crippen LogP contribution in [0.3, 0.4) is 0 Å². The van der Waals surface area contributed by atoms with E-state index in [9.17, 15) is 9.59 Å². The Bertz CT molecular complexity index is 815. The normalized spacial score (nSPS) is 17.0. The van der Waals surface area contributed by atoms with Crippen molar-refractivity contribution in [2.45, 2.75) is 52.5 Å². The second-order valence-corrected chi connectivity index (χ2v) is 7.44. The minimum atomic E-state index is -0.0382. The zero-order valence-electron chi connectivity index (χ0n) is 16.9. The molecule has 0 unspecified atom stereocenters. The van der Waals surface area contributed by atoms with Gasteiger partial charge in [-0.3, -0.25) is 9.59 Å². The van der Waals surface area contributed by atoms with Crippen LogP contribution in [0.2, 0.25) is 0 Å². The molecule has 3 rings (SSSR count). The highest BCUT2D eigenvalue weighted by Crippen LogP contribution is 2.18. The molecule has 0 bridgehead atoms. The highest BCUT2D eigenvalue weighted by molar-refractivity contribution is 5.80.